The second kappa shape index (κ2) is 11.5. The number of imidazole rings is 1. The first-order valence-electron chi connectivity index (χ1n) is 11.5. The van der Waals surface area contributed by atoms with Crippen LogP contribution < -0.4 is 20.3 Å². The zero-order chi connectivity index (χ0) is 27.4. The Morgan fingerprint density at radius 2 is 1.42 bits per heavy atom. The summed E-state index contributed by atoms with van der Waals surface area (Å²) in [6.45, 7) is 4.43. The number of fused-ring (bicyclic) bond motifs is 1. The van der Waals surface area contributed by atoms with Crippen LogP contribution in [-0.2, 0) is 19.6 Å². The molecule has 5 rings (SSSR count). The Morgan fingerprint density at radius 3 is 1.87 bits per heavy atom. The number of rotatable bonds is 5. The van der Waals surface area contributed by atoms with Gasteiger partial charge < -0.3 is 29.7 Å². The smallest absolute Gasteiger partial charge is 0.296 e. The molecule has 0 aliphatic carbocycles. The van der Waals surface area contributed by atoms with Crippen molar-refractivity contribution in [2.75, 3.05) is 81.5 Å². The quantitative estimate of drug-likeness (QED) is 0.335. The van der Waals surface area contributed by atoms with Crippen molar-refractivity contribution >= 4 is 38.7 Å². The van der Waals surface area contributed by atoms with E-state index < -0.39 is 22.4 Å². The zero-order valence-electron chi connectivity index (χ0n) is 20.7. The van der Waals surface area contributed by atoms with Gasteiger partial charge in [-0.2, -0.15) is 23.4 Å². The van der Waals surface area contributed by atoms with E-state index in [-0.39, 0.29) is 11.5 Å². The van der Waals surface area contributed by atoms with Crippen molar-refractivity contribution in [2.24, 2.45) is 0 Å². The monoisotopic (exact) mass is 558 g/mol. The third-order valence-corrected chi connectivity index (χ3v) is 5.58. The van der Waals surface area contributed by atoms with Gasteiger partial charge in [0.2, 0.25) is 17.8 Å². The molecule has 0 radical (unpaired) electrons. The third kappa shape index (κ3) is 6.53. The van der Waals surface area contributed by atoms with Crippen molar-refractivity contribution in [3.8, 4) is 11.7 Å². The summed E-state index contributed by atoms with van der Waals surface area (Å²) in [6, 6.07) is 3.10. The van der Waals surface area contributed by atoms with Gasteiger partial charge in [-0.05, 0) is 6.07 Å². The molecule has 1 aromatic carbocycles. The Bertz CT molecular complexity index is 1330. The number of aromatic nitrogens is 5. The molecule has 2 aliphatic heterocycles. The minimum Gasteiger partial charge on any atom is -0.494 e. The van der Waals surface area contributed by atoms with E-state index in [4.69, 9.17) is 24.5 Å². The van der Waals surface area contributed by atoms with Gasteiger partial charge in [-0.15, -0.1) is 0 Å². The standard InChI is InChI=1S/C20H24F2N8O3.CH4O3S/c1-31-14-11-12(23)10-13-15(14)24-17(16(21)22)30(13)20-26-18(28-2-6-32-7-3-28)25-19(27-20)29-4-8-33-9-5-29;1-5(2,3)4/h10-11,16H,2-9,23H2,1H3;1H3,(H,2,3,4). The maximum Gasteiger partial charge on any atom is 0.296 e. The van der Waals surface area contributed by atoms with Crippen LogP contribution >= 0.6 is 0 Å². The SMILES string of the molecule is COc1cc(N)cc2c1nc(C(F)F)n2-c1nc(N2CCOCC2)nc(N2CCOCC2)n1.CS(=O)(=O)O. The summed E-state index contributed by atoms with van der Waals surface area (Å²) in [4.78, 5) is 21.8. The predicted molar refractivity (Wildman–Crippen MR) is 134 cm³/mol. The molecule has 2 fully saturated rings. The number of nitrogens with two attached hydrogens (primary N) is 1. The van der Waals surface area contributed by atoms with E-state index in [1.54, 1.807) is 12.1 Å². The summed E-state index contributed by atoms with van der Waals surface area (Å²) < 4.78 is 71.5. The molecule has 2 aromatic heterocycles. The number of methoxy groups -OCH3 is 1. The maximum atomic E-state index is 14.1. The first kappa shape index (κ1) is 27.6. The van der Waals surface area contributed by atoms with E-state index in [0.717, 1.165) is 0 Å². The molecule has 0 spiro atoms. The minimum atomic E-state index is -3.67. The second-order valence-electron chi connectivity index (χ2n) is 8.36. The second-order valence-corrected chi connectivity index (χ2v) is 9.83. The number of alkyl halides is 2. The van der Waals surface area contributed by atoms with Gasteiger partial charge in [0.1, 0.15) is 11.3 Å². The summed E-state index contributed by atoms with van der Waals surface area (Å²) in [5, 5.41) is 0. The highest BCUT2D eigenvalue weighted by Crippen LogP contribution is 2.34. The topological polar surface area (TPSA) is 171 Å². The van der Waals surface area contributed by atoms with E-state index in [1.807, 2.05) is 9.80 Å². The lowest BCUT2D eigenvalue weighted by Crippen LogP contribution is -2.40. The maximum absolute atomic E-state index is 14.1. The van der Waals surface area contributed by atoms with Gasteiger partial charge in [-0.25, -0.2) is 13.8 Å². The van der Waals surface area contributed by atoms with E-state index in [1.165, 1.54) is 11.7 Å². The first-order chi connectivity index (χ1) is 18.0. The first-order valence-corrected chi connectivity index (χ1v) is 13.4. The highest BCUT2D eigenvalue weighted by Gasteiger charge is 2.27. The van der Waals surface area contributed by atoms with Crippen LogP contribution in [0.1, 0.15) is 12.2 Å². The lowest BCUT2D eigenvalue weighted by molar-refractivity contribution is 0.121. The molecule has 0 saturated carbocycles. The van der Waals surface area contributed by atoms with Gasteiger partial charge in [-0.1, -0.05) is 0 Å². The summed E-state index contributed by atoms with van der Waals surface area (Å²) in [7, 11) is -2.23. The number of morpholine rings is 2. The molecule has 3 aromatic rings. The van der Waals surface area contributed by atoms with Crippen molar-refractivity contribution in [1.82, 2.24) is 24.5 Å². The average molecular weight is 559 g/mol. The number of nitrogen functional groups attached to an aromatic ring is 1. The molecule has 208 valence electrons. The van der Waals surface area contributed by atoms with E-state index in [9.17, 15) is 17.2 Å². The van der Waals surface area contributed by atoms with Gasteiger partial charge >= 0.3 is 0 Å². The fourth-order valence-corrected chi connectivity index (χ4v) is 3.95. The average Bonchev–Trinajstić information content (AvgIpc) is 3.28. The molecule has 17 heteroatoms. The number of halogens is 2. The normalized spacial score (nSPS) is 16.5. The van der Waals surface area contributed by atoms with Crippen LogP contribution in [0, 0.1) is 0 Å². The predicted octanol–water partition coefficient (Wildman–Crippen LogP) is 0.916. The molecule has 3 N–H and O–H groups in total. The molecular formula is C21H28F2N8O6S. The summed E-state index contributed by atoms with van der Waals surface area (Å²) in [5.74, 6) is 0.617. The number of nitrogens with zero attached hydrogens (tertiary/aromatic N) is 7. The number of hydrogen-bond donors (Lipinski definition) is 2. The number of anilines is 3. The minimum absolute atomic E-state index is 0.0402. The summed E-state index contributed by atoms with van der Waals surface area (Å²) in [6.07, 6.45) is -2.16. The molecule has 0 amide bonds. The number of benzene rings is 1. The van der Waals surface area contributed by atoms with Crippen LogP contribution in [-0.4, -0.2) is 103 Å². The third-order valence-electron chi connectivity index (χ3n) is 5.58. The number of ether oxygens (including phenoxy) is 3. The Balaban J connectivity index is 0.000000617. The van der Waals surface area contributed by atoms with Crippen LogP contribution in [0.3, 0.4) is 0 Å². The van der Waals surface area contributed by atoms with E-state index >= 15 is 0 Å². The summed E-state index contributed by atoms with van der Waals surface area (Å²) >= 11 is 0. The van der Waals surface area contributed by atoms with Crippen LogP contribution in [0.2, 0.25) is 0 Å². The van der Waals surface area contributed by atoms with Crippen molar-refractivity contribution in [1.29, 1.82) is 0 Å². The highest BCUT2D eigenvalue weighted by molar-refractivity contribution is 7.85. The molecule has 0 unspecified atom stereocenters. The molecule has 2 aliphatic rings. The van der Waals surface area contributed by atoms with E-state index in [2.05, 4.69) is 19.9 Å². The van der Waals surface area contributed by atoms with Gasteiger partial charge in [0.15, 0.2) is 5.82 Å². The van der Waals surface area contributed by atoms with Gasteiger partial charge in [0.05, 0.1) is 45.3 Å². The van der Waals surface area contributed by atoms with Gasteiger partial charge in [0, 0.05) is 37.9 Å². The molecular weight excluding hydrogens is 530 g/mol. The molecule has 38 heavy (non-hydrogen) atoms. The molecule has 14 nitrogen and oxygen atoms in total. The van der Waals surface area contributed by atoms with Gasteiger partial charge in [0.25, 0.3) is 16.5 Å². The molecule has 0 bridgehead atoms. The van der Waals surface area contributed by atoms with Crippen molar-refractivity contribution < 1.29 is 36.0 Å². The molecule has 2 saturated heterocycles. The summed E-state index contributed by atoms with van der Waals surface area (Å²) in [5.41, 5.74) is 6.95. The van der Waals surface area contributed by atoms with Crippen LogP contribution in [0.4, 0.5) is 26.4 Å². The van der Waals surface area contributed by atoms with Crippen LogP contribution in [0.25, 0.3) is 17.0 Å². The fourth-order valence-electron chi connectivity index (χ4n) is 3.95. The Hall–Kier alpha value is -3.41. The van der Waals surface area contributed by atoms with Crippen LogP contribution in [0.5, 0.6) is 5.75 Å². The van der Waals surface area contributed by atoms with Crippen molar-refractivity contribution in [2.45, 2.75) is 6.43 Å². The van der Waals surface area contributed by atoms with Crippen molar-refractivity contribution in [3.05, 3.63) is 18.0 Å². The van der Waals surface area contributed by atoms with Crippen LogP contribution in [0.15, 0.2) is 12.1 Å². The Kier molecular flexibility index (Phi) is 8.39. The fraction of sp³-hybridized carbons (Fsp3) is 0.524. The highest BCUT2D eigenvalue weighted by atomic mass is 32.2. The molecule has 4 heterocycles. The lowest BCUT2D eigenvalue weighted by Gasteiger charge is -2.30. The number of hydrogen-bond acceptors (Lipinski definition) is 12. The van der Waals surface area contributed by atoms with Crippen molar-refractivity contribution in [3.63, 3.8) is 0 Å². The van der Waals surface area contributed by atoms with Gasteiger partial charge in [-0.3, -0.25) is 9.12 Å². The molecule has 0 atom stereocenters. The lowest BCUT2D eigenvalue weighted by atomic mass is 10.2. The Labute approximate surface area is 217 Å². The Morgan fingerprint density at radius 1 is 0.947 bits per heavy atom. The largest absolute Gasteiger partial charge is 0.494 e. The zero-order valence-corrected chi connectivity index (χ0v) is 21.6. The van der Waals surface area contributed by atoms with E-state index in [0.29, 0.717) is 87.7 Å².